The number of methoxy groups -OCH3 is 1. The molecule has 1 unspecified atom stereocenters. The summed E-state index contributed by atoms with van der Waals surface area (Å²) in [6.07, 6.45) is 6.41. The van der Waals surface area contributed by atoms with Crippen LogP contribution >= 0.6 is 0 Å². The zero-order valence-electron chi connectivity index (χ0n) is 10.6. The first-order valence-corrected chi connectivity index (χ1v) is 6.79. The second-order valence-electron chi connectivity index (χ2n) is 5.22. The molecule has 0 bridgehead atoms. The van der Waals surface area contributed by atoms with Gasteiger partial charge in [0.1, 0.15) is 5.75 Å². The molecule has 1 N–H and O–H groups in total. The predicted molar refractivity (Wildman–Crippen MR) is 69.9 cm³/mol. The summed E-state index contributed by atoms with van der Waals surface area (Å²) in [7, 11) is 1.80. The van der Waals surface area contributed by atoms with Gasteiger partial charge in [-0.15, -0.1) is 0 Å². The highest BCUT2D eigenvalue weighted by Crippen LogP contribution is 2.39. The molecular weight excluding hydrogens is 210 g/mol. The van der Waals surface area contributed by atoms with Crippen LogP contribution in [0.5, 0.6) is 5.75 Å². The minimum absolute atomic E-state index is 0.659. The highest BCUT2D eigenvalue weighted by molar-refractivity contribution is 5.49. The van der Waals surface area contributed by atoms with Crippen molar-refractivity contribution in [2.45, 2.75) is 38.0 Å². The van der Waals surface area contributed by atoms with Crippen LogP contribution in [0.4, 0.5) is 0 Å². The number of aryl methyl sites for hydroxylation is 1. The van der Waals surface area contributed by atoms with Crippen LogP contribution in [-0.2, 0) is 12.8 Å². The van der Waals surface area contributed by atoms with Crippen molar-refractivity contribution in [2.24, 2.45) is 0 Å². The van der Waals surface area contributed by atoms with Crippen LogP contribution in [0.2, 0.25) is 0 Å². The summed E-state index contributed by atoms with van der Waals surface area (Å²) in [5.41, 5.74) is 4.67. The number of benzene rings is 1. The van der Waals surface area contributed by atoms with E-state index in [4.69, 9.17) is 4.74 Å². The van der Waals surface area contributed by atoms with Crippen LogP contribution in [-0.4, -0.2) is 20.2 Å². The van der Waals surface area contributed by atoms with E-state index in [2.05, 4.69) is 17.4 Å². The van der Waals surface area contributed by atoms with Crippen molar-refractivity contribution in [3.63, 3.8) is 0 Å². The van der Waals surface area contributed by atoms with Crippen LogP contribution in [0.25, 0.3) is 0 Å². The zero-order valence-corrected chi connectivity index (χ0v) is 10.6. The third-order valence-corrected chi connectivity index (χ3v) is 4.21. The maximum absolute atomic E-state index is 5.60. The molecule has 1 heterocycles. The summed E-state index contributed by atoms with van der Waals surface area (Å²) in [6.45, 7) is 2.29. The average Bonchev–Trinajstić information content (AvgIpc) is 2.86. The number of rotatable bonds is 2. The second-order valence-corrected chi connectivity index (χ2v) is 5.22. The molecule has 3 rings (SSSR count). The maximum atomic E-state index is 5.60. The maximum Gasteiger partial charge on any atom is 0.122 e. The Hall–Kier alpha value is -1.02. The van der Waals surface area contributed by atoms with E-state index in [0.29, 0.717) is 5.92 Å². The first-order valence-electron chi connectivity index (χ1n) is 6.79. The number of hydrogen-bond acceptors (Lipinski definition) is 2. The Morgan fingerprint density at radius 3 is 2.94 bits per heavy atom. The first kappa shape index (κ1) is 11.1. The van der Waals surface area contributed by atoms with Crippen LogP contribution < -0.4 is 10.1 Å². The van der Waals surface area contributed by atoms with Crippen molar-refractivity contribution in [2.75, 3.05) is 20.2 Å². The Balaban J connectivity index is 2.02. The number of ether oxygens (including phenoxy) is 1. The molecule has 0 radical (unpaired) electrons. The lowest BCUT2D eigenvalue weighted by molar-refractivity contribution is 0.391. The molecule has 17 heavy (non-hydrogen) atoms. The van der Waals surface area contributed by atoms with Gasteiger partial charge in [0.25, 0.3) is 0 Å². The second kappa shape index (κ2) is 4.69. The van der Waals surface area contributed by atoms with Crippen LogP contribution in [0, 0.1) is 0 Å². The standard InChI is InChI=1S/C15H21NO/c1-17-14-8-7-11-4-2-6-13(11)15(14)12-5-3-9-16-10-12/h7-8,12,16H,2-6,9-10H2,1H3. The molecule has 1 saturated heterocycles. The molecule has 1 aromatic rings. The molecule has 0 aromatic heterocycles. The van der Waals surface area contributed by atoms with Crippen molar-refractivity contribution < 1.29 is 4.74 Å². The van der Waals surface area contributed by atoms with E-state index in [1.54, 1.807) is 18.2 Å². The molecule has 1 atom stereocenters. The normalized spacial score (nSPS) is 23.5. The van der Waals surface area contributed by atoms with Crippen LogP contribution in [0.3, 0.4) is 0 Å². The van der Waals surface area contributed by atoms with Crippen LogP contribution in [0.1, 0.15) is 41.9 Å². The van der Waals surface area contributed by atoms with Crippen molar-refractivity contribution in [1.82, 2.24) is 5.32 Å². The van der Waals surface area contributed by atoms with E-state index in [1.165, 1.54) is 44.2 Å². The molecule has 0 saturated carbocycles. The van der Waals surface area contributed by atoms with Crippen molar-refractivity contribution in [3.8, 4) is 5.75 Å². The highest BCUT2D eigenvalue weighted by atomic mass is 16.5. The van der Waals surface area contributed by atoms with Gasteiger partial charge in [0.05, 0.1) is 7.11 Å². The number of piperidine rings is 1. The van der Waals surface area contributed by atoms with Gasteiger partial charge in [-0.05, 0) is 55.8 Å². The first-order chi connectivity index (χ1) is 8.40. The average molecular weight is 231 g/mol. The van der Waals surface area contributed by atoms with Crippen LogP contribution in [0.15, 0.2) is 12.1 Å². The van der Waals surface area contributed by atoms with Gasteiger partial charge in [-0.25, -0.2) is 0 Å². The van der Waals surface area contributed by atoms with Gasteiger partial charge in [0, 0.05) is 18.0 Å². The van der Waals surface area contributed by atoms with Crippen molar-refractivity contribution >= 4 is 0 Å². The number of hydrogen-bond donors (Lipinski definition) is 1. The highest BCUT2D eigenvalue weighted by Gasteiger charge is 2.25. The SMILES string of the molecule is COc1ccc2c(c1C1CCCNC1)CCC2. The van der Waals surface area contributed by atoms with E-state index in [1.807, 2.05) is 0 Å². The minimum Gasteiger partial charge on any atom is -0.496 e. The monoisotopic (exact) mass is 231 g/mol. The third kappa shape index (κ3) is 1.95. The molecule has 2 nitrogen and oxygen atoms in total. The van der Waals surface area contributed by atoms with Gasteiger partial charge in [-0.3, -0.25) is 0 Å². The minimum atomic E-state index is 0.659. The number of fused-ring (bicyclic) bond motifs is 1. The lowest BCUT2D eigenvalue weighted by Gasteiger charge is -2.27. The Kier molecular flexibility index (Phi) is 3.06. The number of nitrogens with one attached hydrogen (secondary N) is 1. The largest absolute Gasteiger partial charge is 0.496 e. The van der Waals surface area contributed by atoms with Gasteiger partial charge in [0.15, 0.2) is 0 Å². The lowest BCUT2D eigenvalue weighted by atomic mass is 9.86. The Bertz CT molecular complexity index is 408. The molecule has 1 aromatic carbocycles. The van der Waals surface area contributed by atoms with Gasteiger partial charge in [-0.1, -0.05) is 6.07 Å². The predicted octanol–water partition coefficient (Wildman–Crippen LogP) is 2.65. The summed E-state index contributed by atoms with van der Waals surface area (Å²) < 4.78 is 5.60. The summed E-state index contributed by atoms with van der Waals surface area (Å²) in [5.74, 6) is 1.77. The summed E-state index contributed by atoms with van der Waals surface area (Å²) in [5, 5.41) is 3.52. The fraction of sp³-hybridized carbons (Fsp3) is 0.600. The Labute approximate surface area is 103 Å². The zero-order chi connectivity index (χ0) is 11.7. The Morgan fingerprint density at radius 1 is 1.24 bits per heavy atom. The van der Waals surface area contributed by atoms with Gasteiger partial charge in [0.2, 0.25) is 0 Å². The quantitative estimate of drug-likeness (QED) is 0.845. The van der Waals surface area contributed by atoms with E-state index in [0.717, 1.165) is 12.3 Å². The Morgan fingerprint density at radius 2 is 2.18 bits per heavy atom. The van der Waals surface area contributed by atoms with E-state index in [9.17, 15) is 0 Å². The van der Waals surface area contributed by atoms with Gasteiger partial charge < -0.3 is 10.1 Å². The van der Waals surface area contributed by atoms with Crippen molar-refractivity contribution in [1.29, 1.82) is 0 Å². The van der Waals surface area contributed by atoms with E-state index >= 15 is 0 Å². The van der Waals surface area contributed by atoms with E-state index in [-0.39, 0.29) is 0 Å². The van der Waals surface area contributed by atoms with Gasteiger partial charge >= 0.3 is 0 Å². The molecular formula is C15H21NO. The molecule has 1 aliphatic heterocycles. The summed E-state index contributed by atoms with van der Waals surface area (Å²) in [6, 6.07) is 4.44. The molecule has 1 fully saturated rings. The van der Waals surface area contributed by atoms with Gasteiger partial charge in [-0.2, -0.15) is 0 Å². The molecule has 0 spiro atoms. The molecule has 1 aliphatic carbocycles. The van der Waals surface area contributed by atoms with Crippen molar-refractivity contribution in [3.05, 3.63) is 28.8 Å². The molecule has 0 amide bonds. The molecule has 2 heteroatoms. The molecule has 2 aliphatic rings. The van der Waals surface area contributed by atoms with E-state index < -0.39 is 0 Å². The summed E-state index contributed by atoms with van der Waals surface area (Å²) >= 11 is 0. The topological polar surface area (TPSA) is 21.3 Å². The fourth-order valence-corrected chi connectivity index (χ4v) is 3.40. The third-order valence-electron chi connectivity index (χ3n) is 4.21. The lowest BCUT2D eigenvalue weighted by Crippen LogP contribution is -2.29. The summed E-state index contributed by atoms with van der Waals surface area (Å²) in [4.78, 5) is 0. The smallest absolute Gasteiger partial charge is 0.122 e. The fourth-order valence-electron chi connectivity index (χ4n) is 3.40. The molecule has 92 valence electrons.